The molecule has 1 saturated carbocycles. The topological polar surface area (TPSA) is 158 Å². The number of rotatable bonds is 9. The van der Waals surface area contributed by atoms with Crippen molar-refractivity contribution in [1.29, 1.82) is 0 Å². The van der Waals surface area contributed by atoms with E-state index in [4.69, 9.17) is 18.5 Å². The summed E-state index contributed by atoms with van der Waals surface area (Å²) in [5.74, 6) is 0.283. The minimum Gasteiger partial charge on any atom is -0.462 e. The van der Waals surface area contributed by atoms with Crippen LogP contribution < -0.4 is 20.9 Å². The van der Waals surface area contributed by atoms with Gasteiger partial charge in [0, 0.05) is 12.3 Å². The Labute approximate surface area is 216 Å². The summed E-state index contributed by atoms with van der Waals surface area (Å²) in [7, 11) is -4.25. The molecular formula is C23H28N3O9PS. The van der Waals surface area contributed by atoms with Gasteiger partial charge in [0.25, 0.3) is 5.56 Å². The number of H-pyrrole nitrogens is 1. The lowest BCUT2D eigenvalue weighted by atomic mass is 9.93. The molecule has 14 heteroatoms. The number of carbonyl (C=O) groups is 1. The molecule has 2 unspecified atom stereocenters. The van der Waals surface area contributed by atoms with E-state index in [0.29, 0.717) is 12.2 Å². The number of aromatic nitrogens is 2. The molecule has 1 aromatic heterocycles. The van der Waals surface area contributed by atoms with Crippen LogP contribution in [-0.2, 0) is 23.4 Å². The van der Waals surface area contributed by atoms with E-state index in [2.05, 4.69) is 10.1 Å². The molecule has 0 amide bonds. The monoisotopic (exact) mass is 553 g/mol. The Kier molecular flexibility index (Phi) is 6.66. The van der Waals surface area contributed by atoms with Crippen LogP contribution in [0.4, 0.5) is 0 Å². The number of thioether (sulfide) groups is 1. The number of ether oxygens (including phenoxy) is 2. The number of esters is 1. The van der Waals surface area contributed by atoms with Crippen molar-refractivity contribution >= 4 is 25.5 Å². The van der Waals surface area contributed by atoms with Crippen LogP contribution in [0.1, 0.15) is 33.4 Å². The Morgan fingerprint density at radius 1 is 1.27 bits per heavy atom. The lowest BCUT2D eigenvalue weighted by molar-refractivity contribution is -0.149. The Balaban J connectivity index is 1.40. The third-order valence-electron chi connectivity index (χ3n) is 6.60. The Morgan fingerprint density at radius 3 is 2.57 bits per heavy atom. The smallest absolute Gasteiger partial charge is 0.459 e. The van der Waals surface area contributed by atoms with Crippen LogP contribution >= 0.6 is 19.5 Å². The van der Waals surface area contributed by atoms with Gasteiger partial charge >= 0.3 is 19.4 Å². The van der Waals surface area contributed by atoms with Gasteiger partial charge in [0.15, 0.2) is 6.23 Å². The van der Waals surface area contributed by atoms with Crippen molar-refractivity contribution in [3.05, 3.63) is 63.4 Å². The fraction of sp³-hybridized carbons (Fsp3) is 0.522. The minimum absolute atomic E-state index is 0.229. The van der Waals surface area contributed by atoms with Gasteiger partial charge in [0.05, 0.1) is 10.9 Å². The summed E-state index contributed by atoms with van der Waals surface area (Å²) in [6.07, 6.45) is -1.42. The average molecular weight is 554 g/mol. The van der Waals surface area contributed by atoms with Gasteiger partial charge < -0.3 is 19.1 Å². The number of aromatic amines is 1. The molecule has 2 saturated heterocycles. The van der Waals surface area contributed by atoms with E-state index in [0.717, 1.165) is 0 Å². The van der Waals surface area contributed by atoms with Gasteiger partial charge in [-0.05, 0) is 45.1 Å². The predicted molar refractivity (Wildman–Crippen MR) is 133 cm³/mol. The van der Waals surface area contributed by atoms with Crippen LogP contribution in [0.5, 0.6) is 5.75 Å². The summed E-state index contributed by atoms with van der Waals surface area (Å²) < 4.78 is 37.1. The second kappa shape index (κ2) is 9.40. The lowest BCUT2D eigenvalue weighted by Gasteiger charge is -2.46. The van der Waals surface area contributed by atoms with Crippen molar-refractivity contribution < 1.29 is 33.0 Å². The standard InChI is InChI=1S/C23H28N3O9PS/c1-13(2)32-19(28)14(3)25-36(31,34-15-7-5-4-6-8-15)35-18-17-23(18,30)22(10-12-37-22)20(33-17)26-11-9-16(27)24-21(26)29/h4-9,11,13-14,17-18,20,30H,10,12H2,1-3H3,(H,25,31)(H,24,27,29)/t14-,17+,18?,20+,22-,23-,36?/m0/s1. The SMILES string of the molecule is CC(C)OC(=O)[C@H](C)NP(=O)(Oc1ccccc1)OC1[C@H]2O[C@@H](n3ccc(=O)[nH]c3=O)[C@@]3(CCS3)[C@@]12O. The van der Waals surface area contributed by atoms with Crippen molar-refractivity contribution in [2.75, 3.05) is 5.75 Å². The first-order valence-electron chi connectivity index (χ1n) is 11.8. The van der Waals surface area contributed by atoms with Crippen LogP contribution in [0.3, 0.4) is 0 Å². The molecule has 7 atom stereocenters. The van der Waals surface area contributed by atoms with Gasteiger partial charge in [-0.15, -0.1) is 11.8 Å². The van der Waals surface area contributed by atoms with E-state index >= 15 is 0 Å². The lowest BCUT2D eigenvalue weighted by Crippen LogP contribution is -2.55. The van der Waals surface area contributed by atoms with E-state index < -0.39 is 59.8 Å². The van der Waals surface area contributed by atoms with E-state index in [1.54, 1.807) is 44.2 Å². The van der Waals surface area contributed by atoms with Crippen LogP contribution in [0, 0.1) is 0 Å². The van der Waals surface area contributed by atoms with Gasteiger partial charge in [-0.2, -0.15) is 5.09 Å². The Hall–Kier alpha value is -2.41. The second-order valence-electron chi connectivity index (χ2n) is 9.50. The van der Waals surface area contributed by atoms with Gasteiger partial charge in [-0.1, -0.05) is 18.2 Å². The summed E-state index contributed by atoms with van der Waals surface area (Å²) in [5, 5.41) is 14.3. The fourth-order valence-electron chi connectivity index (χ4n) is 4.76. The number of benzene rings is 1. The molecule has 0 bridgehead atoms. The summed E-state index contributed by atoms with van der Waals surface area (Å²) >= 11 is 1.41. The highest BCUT2D eigenvalue weighted by Crippen LogP contribution is 2.72. The van der Waals surface area contributed by atoms with Crippen LogP contribution in [0.2, 0.25) is 0 Å². The molecule has 1 spiro atoms. The summed E-state index contributed by atoms with van der Waals surface area (Å²) in [4.78, 5) is 38.6. The van der Waals surface area contributed by atoms with E-state index in [-0.39, 0.29) is 11.9 Å². The molecular weight excluding hydrogens is 525 g/mol. The molecule has 0 radical (unpaired) electrons. The van der Waals surface area contributed by atoms with Crippen molar-refractivity contribution in [3.8, 4) is 5.75 Å². The maximum absolute atomic E-state index is 13.9. The van der Waals surface area contributed by atoms with Crippen LogP contribution in [0.15, 0.2) is 52.2 Å². The van der Waals surface area contributed by atoms with Crippen molar-refractivity contribution in [1.82, 2.24) is 14.6 Å². The molecule has 37 heavy (non-hydrogen) atoms. The summed E-state index contributed by atoms with van der Waals surface area (Å²) in [5.41, 5.74) is -2.80. The van der Waals surface area contributed by atoms with Crippen LogP contribution in [-0.4, -0.2) is 61.1 Å². The molecule has 3 fully saturated rings. The average Bonchev–Trinajstić information content (AvgIpc) is 3.20. The molecule has 5 rings (SSSR count). The molecule has 2 aliphatic heterocycles. The first-order valence-corrected chi connectivity index (χ1v) is 14.4. The van der Waals surface area contributed by atoms with E-state index in [1.165, 1.54) is 35.5 Å². The largest absolute Gasteiger partial charge is 0.462 e. The molecule has 2 aromatic rings. The highest BCUT2D eigenvalue weighted by molar-refractivity contribution is 8.02. The second-order valence-corrected chi connectivity index (χ2v) is 12.6. The molecule has 1 aromatic carbocycles. The Bertz CT molecular complexity index is 1340. The zero-order valence-corrected chi connectivity index (χ0v) is 22.1. The number of carbonyl (C=O) groups excluding carboxylic acids is 1. The zero-order valence-electron chi connectivity index (χ0n) is 20.4. The first-order chi connectivity index (χ1) is 17.5. The number of aliphatic hydroxyl groups is 1. The Morgan fingerprint density at radius 2 is 1.97 bits per heavy atom. The maximum atomic E-state index is 13.9. The highest BCUT2D eigenvalue weighted by atomic mass is 32.2. The molecule has 3 aliphatic rings. The summed E-state index contributed by atoms with van der Waals surface area (Å²) in [6, 6.07) is 8.44. The fourth-order valence-corrected chi connectivity index (χ4v) is 7.89. The first kappa shape index (κ1) is 26.2. The number of fused-ring (bicyclic) bond motifs is 2. The number of hydrogen-bond acceptors (Lipinski definition) is 10. The normalized spacial score (nSPS) is 32.3. The number of nitrogens with zero attached hydrogens (tertiary/aromatic N) is 1. The van der Waals surface area contributed by atoms with Gasteiger partial charge in [-0.25, -0.2) is 9.36 Å². The van der Waals surface area contributed by atoms with Gasteiger partial charge in [-0.3, -0.25) is 23.7 Å². The van der Waals surface area contributed by atoms with Crippen molar-refractivity contribution in [2.45, 2.75) is 68.1 Å². The minimum atomic E-state index is -4.25. The highest BCUT2D eigenvalue weighted by Gasteiger charge is 2.86. The van der Waals surface area contributed by atoms with Crippen molar-refractivity contribution in [2.24, 2.45) is 0 Å². The van der Waals surface area contributed by atoms with Gasteiger partial charge in [0.1, 0.15) is 29.6 Å². The van der Waals surface area contributed by atoms with Gasteiger partial charge in [0.2, 0.25) is 0 Å². The summed E-state index contributed by atoms with van der Waals surface area (Å²) in [6.45, 7) is 4.86. The third-order valence-corrected chi connectivity index (χ3v) is 9.92. The predicted octanol–water partition coefficient (Wildman–Crippen LogP) is 1.56. The number of hydrogen-bond donors (Lipinski definition) is 3. The van der Waals surface area contributed by atoms with Crippen LogP contribution in [0.25, 0.3) is 0 Å². The van der Waals surface area contributed by atoms with E-state index in [1.807, 2.05) is 0 Å². The number of nitrogens with one attached hydrogen (secondary N) is 2. The number of para-hydroxylation sites is 1. The van der Waals surface area contributed by atoms with E-state index in [9.17, 15) is 24.1 Å². The maximum Gasteiger partial charge on any atom is 0.459 e. The third kappa shape index (κ3) is 4.47. The van der Waals surface area contributed by atoms with Crippen molar-refractivity contribution in [3.63, 3.8) is 0 Å². The molecule has 3 N–H and O–H groups in total. The molecule has 200 valence electrons. The molecule has 1 aliphatic carbocycles. The molecule has 3 heterocycles. The molecule has 12 nitrogen and oxygen atoms in total. The zero-order chi connectivity index (χ0) is 26.6. The quantitative estimate of drug-likeness (QED) is 0.306.